The van der Waals surface area contributed by atoms with Gasteiger partial charge in [0.25, 0.3) is 0 Å². The maximum atomic E-state index is 9.24. The van der Waals surface area contributed by atoms with Crippen molar-refractivity contribution in [1.29, 1.82) is 5.26 Å². The highest BCUT2D eigenvalue weighted by Gasteiger charge is 2.16. The van der Waals surface area contributed by atoms with Gasteiger partial charge < -0.3 is 10.2 Å². The predicted octanol–water partition coefficient (Wildman–Crippen LogP) is 0.118. The van der Waals surface area contributed by atoms with Crippen molar-refractivity contribution in [2.75, 3.05) is 0 Å². The molecule has 11 heavy (non-hydrogen) atoms. The summed E-state index contributed by atoms with van der Waals surface area (Å²) in [5.41, 5.74) is 0.567. The van der Waals surface area contributed by atoms with Crippen molar-refractivity contribution in [2.45, 2.75) is 18.6 Å². The summed E-state index contributed by atoms with van der Waals surface area (Å²) in [6.45, 7) is 0. The lowest BCUT2D eigenvalue weighted by atomic mass is 9.97. The number of rotatable bonds is 0. The molecule has 0 saturated carbocycles. The monoisotopic (exact) mass is 151 g/mol. The third-order valence-electron chi connectivity index (χ3n) is 1.59. The molecule has 3 nitrogen and oxygen atoms in total. The Hall–Kier alpha value is -1.11. The Bertz CT molecular complexity index is 237. The van der Waals surface area contributed by atoms with E-state index in [1.165, 1.54) is 6.08 Å². The molecule has 0 aromatic heterocycles. The summed E-state index contributed by atoms with van der Waals surface area (Å²) in [4.78, 5) is 0. The summed E-state index contributed by atoms with van der Waals surface area (Å²) in [7, 11) is 0. The fourth-order valence-electron chi connectivity index (χ4n) is 0.995. The second-order valence-electron chi connectivity index (χ2n) is 2.45. The smallest absolute Gasteiger partial charge is 0.0915 e. The molecule has 1 aliphatic rings. The average Bonchev–Trinajstić information content (AvgIpc) is 1.95. The van der Waals surface area contributed by atoms with Gasteiger partial charge in [-0.1, -0.05) is 12.2 Å². The van der Waals surface area contributed by atoms with Crippen LogP contribution < -0.4 is 0 Å². The van der Waals surface area contributed by atoms with Gasteiger partial charge in [-0.15, -0.1) is 0 Å². The molecule has 0 amide bonds. The van der Waals surface area contributed by atoms with E-state index in [0.717, 1.165) is 0 Å². The molecular formula is C8H9NO2. The first-order valence-corrected chi connectivity index (χ1v) is 3.38. The molecule has 0 radical (unpaired) electrons. The number of nitriles is 1. The standard InChI is InChI=1S/C8H9NO2/c9-4-3-6-1-2-7(10)5-8(6)11/h1-3,7-8,10-11H,5H2/b6-3+. The largest absolute Gasteiger partial charge is 0.389 e. The zero-order chi connectivity index (χ0) is 8.27. The van der Waals surface area contributed by atoms with Crippen LogP contribution in [0.4, 0.5) is 0 Å². The molecule has 0 aromatic rings. The Morgan fingerprint density at radius 2 is 2.36 bits per heavy atom. The van der Waals surface area contributed by atoms with E-state index in [1.54, 1.807) is 12.2 Å². The molecule has 0 aromatic carbocycles. The topological polar surface area (TPSA) is 64.2 Å². The second-order valence-corrected chi connectivity index (χ2v) is 2.45. The summed E-state index contributed by atoms with van der Waals surface area (Å²) in [6.07, 6.45) is 3.42. The van der Waals surface area contributed by atoms with Gasteiger partial charge in [0.05, 0.1) is 18.3 Å². The van der Waals surface area contributed by atoms with E-state index in [2.05, 4.69) is 0 Å². The van der Waals surface area contributed by atoms with Gasteiger partial charge in [-0.2, -0.15) is 5.26 Å². The normalized spacial score (nSPS) is 33.7. The molecule has 0 saturated heterocycles. The minimum Gasteiger partial charge on any atom is -0.389 e. The van der Waals surface area contributed by atoms with Gasteiger partial charge in [0.15, 0.2) is 0 Å². The van der Waals surface area contributed by atoms with Crippen LogP contribution in [0.5, 0.6) is 0 Å². The first-order valence-electron chi connectivity index (χ1n) is 3.38. The highest BCUT2D eigenvalue weighted by Crippen LogP contribution is 2.16. The van der Waals surface area contributed by atoms with Gasteiger partial charge in [-0.05, 0) is 5.57 Å². The number of allylic oxidation sites excluding steroid dienone is 1. The van der Waals surface area contributed by atoms with Crippen molar-refractivity contribution >= 4 is 0 Å². The van der Waals surface area contributed by atoms with Crippen LogP contribution in [0.15, 0.2) is 23.8 Å². The van der Waals surface area contributed by atoms with E-state index >= 15 is 0 Å². The molecule has 2 N–H and O–H groups in total. The second kappa shape index (κ2) is 3.33. The maximum absolute atomic E-state index is 9.24. The molecule has 0 spiro atoms. The van der Waals surface area contributed by atoms with Crippen molar-refractivity contribution in [2.24, 2.45) is 0 Å². The van der Waals surface area contributed by atoms with E-state index in [0.29, 0.717) is 5.57 Å². The third kappa shape index (κ3) is 1.90. The highest BCUT2D eigenvalue weighted by atomic mass is 16.3. The minimum absolute atomic E-state index is 0.282. The molecule has 2 unspecified atom stereocenters. The molecule has 58 valence electrons. The van der Waals surface area contributed by atoms with Crippen LogP contribution in [-0.4, -0.2) is 22.4 Å². The lowest BCUT2D eigenvalue weighted by molar-refractivity contribution is 0.122. The first kappa shape index (κ1) is 7.99. The molecule has 2 atom stereocenters. The van der Waals surface area contributed by atoms with Gasteiger partial charge in [0.1, 0.15) is 0 Å². The number of aliphatic hydroxyl groups is 2. The quantitative estimate of drug-likeness (QED) is 0.483. The summed E-state index contributed by atoms with van der Waals surface area (Å²) >= 11 is 0. The van der Waals surface area contributed by atoms with Gasteiger partial charge in [0.2, 0.25) is 0 Å². The third-order valence-corrected chi connectivity index (χ3v) is 1.59. The SMILES string of the molecule is N#C/C=C1\C=CC(O)CC1O. The first-order chi connectivity index (χ1) is 5.24. The van der Waals surface area contributed by atoms with Gasteiger partial charge in [-0.25, -0.2) is 0 Å². The summed E-state index contributed by atoms with van der Waals surface area (Å²) in [6, 6.07) is 1.83. The molecular weight excluding hydrogens is 142 g/mol. The summed E-state index contributed by atoms with van der Waals surface area (Å²) < 4.78 is 0. The zero-order valence-electron chi connectivity index (χ0n) is 5.94. The van der Waals surface area contributed by atoms with E-state index in [1.807, 2.05) is 6.07 Å². The molecule has 0 heterocycles. The van der Waals surface area contributed by atoms with E-state index in [4.69, 9.17) is 10.4 Å². The Morgan fingerprint density at radius 1 is 1.64 bits per heavy atom. The number of hydrogen-bond donors (Lipinski definition) is 2. The minimum atomic E-state index is -0.699. The number of nitrogens with zero attached hydrogens (tertiary/aromatic N) is 1. The lowest BCUT2D eigenvalue weighted by Gasteiger charge is -2.18. The molecule has 0 bridgehead atoms. The van der Waals surface area contributed by atoms with Crippen LogP contribution in [-0.2, 0) is 0 Å². The van der Waals surface area contributed by atoms with E-state index in [9.17, 15) is 5.11 Å². The van der Waals surface area contributed by atoms with Crippen LogP contribution in [0.25, 0.3) is 0 Å². The molecule has 3 heteroatoms. The van der Waals surface area contributed by atoms with Gasteiger partial charge >= 0.3 is 0 Å². The van der Waals surface area contributed by atoms with Crippen molar-refractivity contribution in [3.8, 4) is 6.07 Å². The van der Waals surface area contributed by atoms with Crippen LogP contribution >= 0.6 is 0 Å². The van der Waals surface area contributed by atoms with Gasteiger partial charge in [0, 0.05) is 12.5 Å². The van der Waals surface area contributed by atoms with Crippen LogP contribution in [0, 0.1) is 11.3 Å². The fourth-order valence-corrected chi connectivity index (χ4v) is 0.995. The number of aliphatic hydroxyl groups excluding tert-OH is 2. The Balaban J connectivity index is 2.78. The Labute approximate surface area is 64.9 Å². The van der Waals surface area contributed by atoms with Crippen LogP contribution in [0.2, 0.25) is 0 Å². The highest BCUT2D eigenvalue weighted by molar-refractivity contribution is 5.31. The Morgan fingerprint density at radius 3 is 2.91 bits per heavy atom. The molecule has 0 fully saturated rings. The summed E-state index contributed by atoms with van der Waals surface area (Å²) in [5, 5.41) is 26.5. The van der Waals surface area contributed by atoms with Crippen LogP contribution in [0.1, 0.15) is 6.42 Å². The Kier molecular flexibility index (Phi) is 2.42. The van der Waals surface area contributed by atoms with Crippen molar-refractivity contribution < 1.29 is 10.2 Å². The average molecular weight is 151 g/mol. The fraction of sp³-hybridized carbons (Fsp3) is 0.375. The van der Waals surface area contributed by atoms with Crippen molar-refractivity contribution in [1.82, 2.24) is 0 Å². The van der Waals surface area contributed by atoms with E-state index in [-0.39, 0.29) is 6.42 Å². The van der Waals surface area contributed by atoms with Gasteiger partial charge in [-0.3, -0.25) is 0 Å². The number of hydrogen-bond acceptors (Lipinski definition) is 3. The summed E-state index contributed by atoms with van der Waals surface area (Å²) in [5.74, 6) is 0. The van der Waals surface area contributed by atoms with Crippen molar-refractivity contribution in [3.63, 3.8) is 0 Å². The van der Waals surface area contributed by atoms with Crippen LogP contribution in [0.3, 0.4) is 0 Å². The predicted molar refractivity (Wildman–Crippen MR) is 39.5 cm³/mol. The molecule has 0 aliphatic heterocycles. The molecule has 1 aliphatic carbocycles. The van der Waals surface area contributed by atoms with Crippen molar-refractivity contribution in [3.05, 3.63) is 23.8 Å². The zero-order valence-corrected chi connectivity index (χ0v) is 5.94. The lowest BCUT2D eigenvalue weighted by Crippen LogP contribution is -2.21. The maximum Gasteiger partial charge on any atom is 0.0915 e. The molecule has 1 rings (SSSR count). The van der Waals surface area contributed by atoms with E-state index < -0.39 is 12.2 Å².